The van der Waals surface area contributed by atoms with E-state index in [-0.39, 0.29) is 25.5 Å². The molecule has 2 aromatic heterocycles. The van der Waals surface area contributed by atoms with Crippen molar-refractivity contribution in [3.05, 3.63) is 57.8 Å². The zero-order valence-corrected chi connectivity index (χ0v) is 37.5. The average molecular weight is 880 g/mol. The van der Waals surface area contributed by atoms with E-state index in [1.54, 1.807) is 46.1 Å². The van der Waals surface area contributed by atoms with Crippen LogP contribution in [0.15, 0.2) is 42.5 Å². The fourth-order valence-electron chi connectivity index (χ4n) is 8.12. The fraction of sp³-hybridized carbons (Fsp3) is 0.568. The Hall–Kier alpha value is -4.74. The highest BCUT2D eigenvalue weighted by atomic mass is 32.2. The summed E-state index contributed by atoms with van der Waals surface area (Å²) in [5.74, 6) is -1.54. The number of hydrogen-bond acceptors (Lipinski definition) is 12. The maximum Gasteiger partial charge on any atom is 0.262 e. The van der Waals surface area contributed by atoms with Crippen LogP contribution in [-0.2, 0) is 30.0 Å². The Kier molecular flexibility index (Phi) is 12.2. The van der Waals surface area contributed by atoms with E-state index in [9.17, 15) is 32.7 Å². The summed E-state index contributed by atoms with van der Waals surface area (Å²) in [5.41, 5.74) is -1.36. The van der Waals surface area contributed by atoms with E-state index in [4.69, 9.17) is 19.2 Å². The van der Waals surface area contributed by atoms with Gasteiger partial charge in [0.2, 0.25) is 27.7 Å². The SMILES string of the molecule is COc1ccc2c(O[C@@H]3C[C@H]4C(=O)N[C@]5(C(=O)NS(=O)(=O)C6(C)CC6)C[C@H]5C=CCCCCC[C@H](NC(=O)c5ccc(C(C)(C)O)s5)C(=O)N4C3)cc(OC(C)C)nc2c1C. The number of allylic oxidation sites excluding steroid dienone is 1. The van der Waals surface area contributed by atoms with Crippen LogP contribution >= 0.6 is 11.3 Å². The largest absolute Gasteiger partial charge is 0.496 e. The van der Waals surface area contributed by atoms with E-state index in [1.165, 1.54) is 4.90 Å². The van der Waals surface area contributed by atoms with E-state index >= 15 is 0 Å². The molecule has 330 valence electrons. The zero-order chi connectivity index (χ0) is 44.1. The van der Waals surface area contributed by atoms with Gasteiger partial charge in [0.1, 0.15) is 35.2 Å². The first-order chi connectivity index (χ1) is 28.7. The van der Waals surface area contributed by atoms with E-state index in [1.807, 2.05) is 45.1 Å². The van der Waals surface area contributed by atoms with Gasteiger partial charge in [0.05, 0.1) is 40.5 Å². The maximum absolute atomic E-state index is 14.9. The number of ether oxygens (including phenoxy) is 3. The highest BCUT2D eigenvalue weighted by molar-refractivity contribution is 7.91. The van der Waals surface area contributed by atoms with Crippen molar-refractivity contribution in [2.75, 3.05) is 13.7 Å². The molecule has 0 unspecified atom stereocenters. The van der Waals surface area contributed by atoms with E-state index in [0.717, 1.165) is 29.7 Å². The van der Waals surface area contributed by atoms with Gasteiger partial charge in [0.25, 0.3) is 11.8 Å². The predicted octanol–water partition coefficient (Wildman–Crippen LogP) is 5.17. The molecule has 7 rings (SSSR count). The number of hydrogen-bond donors (Lipinski definition) is 4. The second-order valence-corrected chi connectivity index (χ2v) is 21.1. The van der Waals surface area contributed by atoms with Crippen molar-refractivity contribution in [3.8, 4) is 17.4 Å². The Bertz CT molecular complexity index is 2350. The lowest BCUT2D eigenvalue weighted by Crippen LogP contribution is -2.58. The number of nitrogens with one attached hydrogen (secondary N) is 3. The smallest absolute Gasteiger partial charge is 0.262 e. The van der Waals surface area contributed by atoms with Crippen LogP contribution in [-0.4, -0.2) is 95.3 Å². The van der Waals surface area contributed by atoms with Crippen molar-refractivity contribution in [2.24, 2.45) is 5.92 Å². The van der Waals surface area contributed by atoms with Crippen molar-refractivity contribution in [2.45, 2.75) is 140 Å². The van der Waals surface area contributed by atoms with Crippen LogP contribution in [0, 0.1) is 12.8 Å². The minimum absolute atomic E-state index is 0.0198. The molecule has 4 amide bonds. The Balaban J connectivity index is 1.23. The monoisotopic (exact) mass is 879 g/mol. The number of pyridine rings is 1. The normalized spacial score (nSPS) is 25.4. The van der Waals surface area contributed by atoms with Crippen LogP contribution in [0.3, 0.4) is 0 Å². The third-order valence-corrected chi connectivity index (χ3v) is 15.8. The molecule has 4 N–H and O–H groups in total. The molecule has 4 aliphatic rings. The number of rotatable bonds is 11. The summed E-state index contributed by atoms with van der Waals surface area (Å²) in [4.78, 5) is 64.4. The Labute approximate surface area is 361 Å². The summed E-state index contributed by atoms with van der Waals surface area (Å²) in [6.07, 6.45) is 7.01. The topological polar surface area (TPSA) is 203 Å². The van der Waals surface area contributed by atoms with Gasteiger partial charge in [0, 0.05) is 34.2 Å². The summed E-state index contributed by atoms with van der Waals surface area (Å²) >= 11 is 1.13. The molecule has 1 aromatic carbocycles. The number of thiophene rings is 1. The van der Waals surface area contributed by atoms with Crippen LogP contribution in [0.1, 0.15) is 113 Å². The number of methoxy groups -OCH3 is 1. The summed E-state index contributed by atoms with van der Waals surface area (Å²) in [5, 5.41) is 17.1. The van der Waals surface area contributed by atoms with Gasteiger partial charge in [0.15, 0.2) is 0 Å². The number of amides is 4. The Morgan fingerprint density at radius 2 is 1.85 bits per heavy atom. The van der Waals surface area contributed by atoms with Gasteiger partial charge in [-0.05, 0) is 104 Å². The third-order valence-electron chi connectivity index (χ3n) is 12.2. The van der Waals surface area contributed by atoms with E-state index in [2.05, 4.69) is 15.4 Å². The van der Waals surface area contributed by atoms with Crippen molar-refractivity contribution >= 4 is 55.9 Å². The van der Waals surface area contributed by atoms with Crippen LogP contribution in [0.5, 0.6) is 17.4 Å². The van der Waals surface area contributed by atoms with Gasteiger partial charge in [-0.15, -0.1) is 11.3 Å². The van der Waals surface area contributed by atoms with Crippen LogP contribution in [0.25, 0.3) is 10.9 Å². The number of carbonyl (C=O) groups excluding carboxylic acids is 4. The summed E-state index contributed by atoms with van der Waals surface area (Å²) in [7, 11) is -2.45. The molecule has 3 fully saturated rings. The molecule has 5 atom stereocenters. The van der Waals surface area contributed by atoms with Crippen molar-refractivity contribution in [3.63, 3.8) is 0 Å². The molecule has 0 radical (unpaired) electrons. The van der Waals surface area contributed by atoms with Crippen LogP contribution in [0.4, 0.5) is 0 Å². The first kappa shape index (κ1) is 44.3. The lowest BCUT2D eigenvalue weighted by Gasteiger charge is -2.30. The molecule has 1 saturated heterocycles. The molecule has 0 bridgehead atoms. The molecular formula is C44H57N5O10S2. The molecular weight excluding hydrogens is 823 g/mol. The first-order valence-corrected chi connectivity index (χ1v) is 23.4. The molecule has 17 heteroatoms. The number of nitrogens with zero attached hydrogens (tertiary/aromatic N) is 2. The summed E-state index contributed by atoms with van der Waals surface area (Å²) in [6, 6.07) is 6.44. The highest BCUT2D eigenvalue weighted by Gasteiger charge is 2.63. The molecule has 3 aromatic rings. The highest BCUT2D eigenvalue weighted by Crippen LogP contribution is 2.48. The second kappa shape index (κ2) is 16.9. The Morgan fingerprint density at radius 1 is 1.10 bits per heavy atom. The third kappa shape index (κ3) is 9.24. The molecule has 2 aliphatic carbocycles. The fourth-order valence-corrected chi connectivity index (χ4v) is 10.3. The van der Waals surface area contributed by atoms with Gasteiger partial charge in [-0.1, -0.05) is 25.0 Å². The zero-order valence-electron chi connectivity index (χ0n) is 35.8. The minimum atomic E-state index is -4.02. The Morgan fingerprint density at radius 3 is 2.52 bits per heavy atom. The van der Waals surface area contributed by atoms with Crippen molar-refractivity contribution in [1.29, 1.82) is 0 Å². The quantitative estimate of drug-likeness (QED) is 0.185. The number of aryl methyl sites for hydroxylation is 1. The number of aliphatic hydroxyl groups is 1. The first-order valence-electron chi connectivity index (χ1n) is 21.1. The van der Waals surface area contributed by atoms with Crippen LogP contribution < -0.4 is 29.6 Å². The lowest BCUT2D eigenvalue weighted by molar-refractivity contribution is -0.141. The summed E-state index contributed by atoms with van der Waals surface area (Å²) < 4.78 is 46.0. The van der Waals surface area contributed by atoms with Crippen molar-refractivity contribution < 1.29 is 46.9 Å². The standard InChI is InChI=1S/C44H57N5O10S2/c1-25(2)58-36-22-33(29-15-16-32(57-7)26(3)37(29)46-36)59-28-21-31-38(50)47-44(41(53)48-61(55,56)43(6)19-20-43)23-27(44)13-11-9-8-10-12-14-30(40(52)49(31)24-28)45-39(51)34-17-18-35(60-34)42(4,5)54/h11,13,15-18,22,25,27-28,30-31,54H,8-10,12,14,19-21,23-24H2,1-7H3,(H,45,51)(H,47,50)(H,48,53)/t27-,28-,30+,31+,44-/m1/s1. The number of carbonyl (C=O) groups is 4. The van der Waals surface area contributed by atoms with E-state index in [0.29, 0.717) is 70.1 Å². The van der Waals surface area contributed by atoms with Gasteiger partial charge >= 0.3 is 0 Å². The number of benzene rings is 1. The molecule has 2 aliphatic heterocycles. The lowest BCUT2D eigenvalue weighted by atomic mass is 10.0. The predicted molar refractivity (Wildman–Crippen MR) is 230 cm³/mol. The van der Waals surface area contributed by atoms with Crippen LogP contribution in [0.2, 0.25) is 0 Å². The average Bonchev–Trinajstić information content (AvgIpc) is 3.95. The summed E-state index contributed by atoms with van der Waals surface area (Å²) in [6.45, 7) is 10.4. The number of aromatic nitrogens is 1. The van der Waals surface area contributed by atoms with Gasteiger partial charge in [-0.2, -0.15) is 0 Å². The van der Waals surface area contributed by atoms with Gasteiger partial charge in [-0.3, -0.25) is 23.9 Å². The molecule has 61 heavy (non-hydrogen) atoms. The molecule has 2 saturated carbocycles. The molecule has 4 heterocycles. The number of sulfonamides is 1. The van der Waals surface area contributed by atoms with E-state index < -0.39 is 73.6 Å². The van der Waals surface area contributed by atoms with Crippen molar-refractivity contribution in [1.82, 2.24) is 25.2 Å². The molecule has 0 spiro atoms. The van der Waals surface area contributed by atoms with Gasteiger partial charge in [-0.25, -0.2) is 13.4 Å². The second-order valence-electron chi connectivity index (χ2n) is 17.9. The number of fused-ring (bicyclic) bond motifs is 3. The van der Waals surface area contributed by atoms with Gasteiger partial charge < -0.3 is 34.9 Å². The molecule has 15 nitrogen and oxygen atoms in total. The minimum Gasteiger partial charge on any atom is -0.496 e. The maximum atomic E-state index is 14.9.